The lowest BCUT2D eigenvalue weighted by Gasteiger charge is -2.26. The molecule has 0 spiro atoms. The molecule has 0 fully saturated rings. The Morgan fingerprint density at radius 3 is 1.74 bits per heavy atom. The zero-order valence-electron chi connectivity index (χ0n) is 42.6. The summed E-state index contributed by atoms with van der Waals surface area (Å²) in [6, 6.07) is 67.7. The predicted octanol–water partition coefficient (Wildman–Crippen LogP) is 16.6. The Balaban J connectivity index is 1.00. The second kappa shape index (κ2) is 16.7. The van der Waals surface area contributed by atoms with Crippen LogP contribution in [0.1, 0.15) is 79.0 Å². The van der Waals surface area contributed by atoms with Crippen LogP contribution in [0, 0.1) is 6.33 Å². The molecule has 354 valence electrons. The number of fused-ring (bicyclic) bond motifs is 7. The maximum Gasteiger partial charge on any atom is 0.269 e. The highest BCUT2D eigenvalue weighted by atomic mass is 16.5. The van der Waals surface area contributed by atoms with Gasteiger partial charge in [0, 0.05) is 39.5 Å². The number of aromatic nitrogens is 5. The fourth-order valence-electron chi connectivity index (χ4n) is 10.5. The first-order valence-electron chi connectivity index (χ1n) is 25.1. The number of rotatable bonds is 7. The molecule has 0 saturated carbocycles. The smallest absolute Gasteiger partial charge is 0.269 e. The Labute approximate surface area is 422 Å². The van der Waals surface area contributed by atoms with Gasteiger partial charge in [-0.2, -0.15) is 0 Å². The van der Waals surface area contributed by atoms with Gasteiger partial charge in [0.2, 0.25) is 0 Å². The highest BCUT2D eigenvalue weighted by molar-refractivity contribution is 6.12. The molecule has 12 aromatic rings. The van der Waals surface area contributed by atoms with Crippen molar-refractivity contribution < 1.29 is 9.30 Å². The van der Waals surface area contributed by atoms with E-state index in [2.05, 4.69) is 269 Å². The number of hydrogen-bond donors (Lipinski definition) is 0. The minimum atomic E-state index is -0.0594. The van der Waals surface area contributed by atoms with Gasteiger partial charge >= 0.3 is 0 Å². The molecule has 0 N–H and O–H groups in total. The number of imidazole rings is 1. The molecule has 8 aromatic carbocycles. The molecule has 72 heavy (non-hydrogen) atoms. The molecule has 0 aliphatic carbocycles. The topological polar surface area (TPSA) is 40.8 Å². The van der Waals surface area contributed by atoms with Crippen LogP contribution in [0.4, 0.5) is 0 Å². The van der Waals surface area contributed by atoms with E-state index in [0.717, 1.165) is 78.3 Å². The first kappa shape index (κ1) is 45.0. The standard InChI is InChI=1S/C66H59N5O/c1-64(2,3)44-33-34-67-62(38-44)71-59-32-29-48(70-57-26-15-13-23-53(57)54-24-14-16-27-58(54)70)40-56(59)55-31-30-51(41-61(55)71)72-50-22-17-21-47(39-50)68-42-69(49-36-45(65(4,5)6)35-46(37-49)66(7,8)9)63-52(25-18-28-60(63)68)43-19-11-10-12-20-43/h10-41H,1-9H3. The lowest BCUT2D eigenvalue weighted by atomic mass is 9.80. The zero-order valence-corrected chi connectivity index (χ0v) is 42.6. The van der Waals surface area contributed by atoms with Crippen LogP contribution in [0.15, 0.2) is 194 Å². The fraction of sp³-hybridized carbons (Fsp3) is 0.182. The molecular formula is C66H59N5O. The van der Waals surface area contributed by atoms with E-state index in [4.69, 9.17) is 9.72 Å². The summed E-state index contributed by atoms with van der Waals surface area (Å²) in [5.74, 6) is 2.32. The third kappa shape index (κ3) is 7.73. The summed E-state index contributed by atoms with van der Waals surface area (Å²) in [5, 5.41) is 4.74. The number of benzene rings is 8. The number of hydrogen-bond acceptors (Lipinski definition) is 2. The van der Waals surface area contributed by atoms with E-state index in [1.807, 2.05) is 12.3 Å². The lowest BCUT2D eigenvalue weighted by Crippen LogP contribution is -2.32. The van der Waals surface area contributed by atoms with Crippen molar-refractivity contribution in [2.45, 2.75) is 78.6 Å². The van der Waals surface area contributed by atoms with E-state index in [1.54, 1.807) is 0 Å². The summed E-state index contributed by atoms with van der Waals surface area (Å²) in [6.07, 6.45) is 5.80. The maximum atomic E-state index is 6.92. The molecule has 6 heteroatoms. The normalized spacial score (nSPS) is 12.5. The molecule has 0 radical (unpaired) electrons. The minimum absolute atomic E-state index is 0.0520. The van der Waals surface area contributed by atoms with Crippen LogP contribution in [0.25, 0.3) is 88.7 Å². The monoisotopic (exact) mass is 937 g/mol. The van der Waals surface area contributed by atoms with Gasteiger partial charge < -0.3 is 9.30 Å². The SMILES string of the molecule is CC(C)(C)c1cc(-[n+]2[c-]n(-c3cccc(Oc4ccc5c6cc(-n7c8ccccc8c8ccccc87)ccc6n(-c6cc(C(C)(C)C)ccn6)c5c4)c3)c3cccc(-c4ccccc4)c32)cc(C(C)(C)C)c1. The van der Waals surface area contributed by atoms with E-state index in [1.165, 1.54) is 38.5 Å². The van der Waals surface area contributed by atoms with Crippen molar-refractivity contribution >= 4 is 54.6 Å². The van der Waals surface area contributed by atoms with Gasteiger partial charge in [0.1, 0.15) is 17.3 Å². The van der Waals surface area contributed by atoms with Gasteiger partial charge in [-0.1, -0.05) is 159 Å². The molecule has 0 aliphatic heterocycles. The van der Waals surface area contributed by atoms with Crippen molar-refractivity contribution in [1.29, 1.82) is 0 Å². The summed E-state index contributed by atoms with van der Waals surface area (Å²) in [7, 11) is 0. The highest BCUT2D eigenvalue weighted by Gasteiger charge is 2.25. The van der Waals surface area contributed by atoms with Crippen LogP contribution < -0.4 is 9.30 Å². The van der Waals surface area contributed by atoms with Gasteiger partial charge in [0.05, 0.1) is 44.5 Å². The Hall–Kier alpha value is -8.22. The molecular weight excluding hydrogens is 879 g/mol. The van der Waals surface area contributed by atoms with Crippen molar-refractivity contribution in [3.8, 4) is 45.5 Å². The van der Waals surface area contributed by atoms with Crippen LogP contribution in [-0.4, -0.2) is 18.7 Å². The van der Waals surface area contributed by atoms with Crippen LogP contribution in [-0.2, 0) is 16.2 Å². The number of para-hydroxylation sites is 3. The van der Waals surface area contributed by atoms with Crippen LogP contribution in [0.5, 0.6) is 11.5 Å². The quantitative estimate of drug-likeness (QED) is 0.118. The van der Waals surface area contributed by atoms with Crippen molar-refractivity contribution in [2.24, 2.45) is 0 Å². The third-order valence-corrected chi connectivity index (χ3v) is 14.4. The summed E-state index contributed by atoms with van der Waals surface area (Å²) in [6.45, 7) is 20.5. The Bertz CT molecular complexity index is 3990. The van der Waals surface area contributed by atoms with Crippen molar-refractivity contribution in [3.05, 3.63) is 217 Å². The molecule has 6 nitrogen and oxygen atoms in total. The molecule has 4 aromatic heterocycles. The molecule has 0 unspecified atom stereocenters. The Kier molecular flexibility index (Phi) is 10.4. The summed E-state index contributed by atoms with van der Waals surface area (Å²) >= 11 is 0. The molecule has 0 saturated heterocycles. The molecule has 12 rings (SSSR count). The molecule has 0 bridgehead atoms. The molecule has 4 heterocycles. The van der Waals surface area contributed by atoms with Gasteiger partial charge in [0.25, 0.3) is 6.33 Å². The molecule has 0 atom stereocenters. The fourth-order valence-corrected chi connectivity index (χ4v) is 10.5. The maximum absolute atomic E-state index is 6.92. The van der Waals surface area contributed by atoms with Gasteiger partial charge in [-0.05, 0) is 129 Å². The predicted molar refractivity (Wildman–Crippen MR) is 298 cm³/mol. The van der Waals surface area contributed by atoms with E-state index in [9.17, 15) is 0 Å². The number of ether oxygens (including phenoxy) is 1. The minimum Gasteiger partial charge on any atom is -0.458 e. The third-order valence-electron chi connectivity index (χ3n) is 14.4. The average Bonchev–Trinajstić information content (AvgIpc) is 4.04. The molecule has 0 amide bonds. The van der Waals surface area contributed by atoms with E-state index in [0.29, 0.717) is 0 Å². The van der Waals surface area contributed by atoms with Crippen LogP contribution in [0.3, 0.4) is 0 Å². The van der Waals surface area contributed by atoms with Gasteiger partial charge in [-0.25, -0.2) is 4.98 Å². The first-order valence-corrected chi connectivity index (χ1v) is 25.1. The van der Waals surface area contributed by atoms with Crippen molar-refractivity contribution in [1.82, 2.24) is 18.7 Å². The summed E-state index contributed by atoms with van der Waals surface area (Å²) in [4.78, 5) is 5.02. The van der Waals surface area contributed by atoms with Gasteiger partial charge in [-0.3, -0.25) is 13.7 Å². The second-order valence-electron chi connectivity index (χ2n) is 22.4. The number of nitrogens with zero attached hydrogens (tertiary/aromatic N) is 5. The number of pyridine rings is 1. The lowest BCUT2D eigenvalue weighted by molar-refractivity contribution is -0.572. The zero-order chi connectivity index (χ0) is 49.7. The van der Waals surface area contributed by atoms with Gasteiger partial charge in [0.15, 0.2) is 0 Å². The van der Waals surface area contributed by atoms with Crippen LogP contribution >= 0.6 is 0 Å². The highest BCUT2D eigenvalue weighted by Crippen LogP contribution is 2.40. The van der Waals surface area contributed by atoms with E-state index in [-0.39, 0.29) is 16.2 Å². The van der Waals surface area contributed by atoms with E-state index >= 15 is 0 Å². The first-order chi connectivity index (χ1) is 34.6. The largest absolute Gasteiger partial charge is 0.458 e. The average molecular weight is 938 g/mol. The molecule has 0 aliphatic rings. The van der Waals surface area contributed by atoms with Crippen molar-refractivity contribution in [3.63, 3.8) is 0 Å². The summed E-state index contributed by atoms with van der Waals surface area (Å²) in [5.41, 5.74) is 15.6. The van der Waals surface area contributed by atoms with Gasteiger partial charge in [-0.15, -0.1) is 0 Å². The van der Waals surface area contributed by atoms with Crippen molar-refractivity contribution in [2.75, 3.05) is 0 Å². The second-order valence-corrected chi connectivity index (χ2v) is 22.4. The van der Waals surface area contributed by atoms with Crippen LogP contribution in [0.2, 0.25) is 0 Å². The Morgan fingerprint density at radius 2 is 1.04 bits per heavy atom. The summed E-state index contributed by atoms with van der Waals surface area (Å²) < 4.78 is 16.0. The Morgan fingerprint density at radius 1 is 0.431 bits per heavy atom. The van der Waals surface area contributed by atoms with E-state index < -0.39 is 0 Å².